The number of aliphatic imine (C=N–C) groups is 1. The predicted molar refractivity (Wildman–Crippen MR) is 113 cm³/mol. The van der Waals surface area contributed by atoms with Crippen LogP contribution in [0.15, 0.2) is 23.2 Å². The van der Waals surface area contributed by atoms with E-state index in [9.17, 15) is 4.79 Å². The monoisotopic (exact) mass is 446 g/mol. The summed E-state index contributed by atoms with van der Waals surface area (Å²) in [6, 6.07) is 6.26. The van der Waals surface area contributed by atoms with Crippen molar-refractivity contribution in [3.8, 4) is 0 Å². The molecule has 0 aromatic heterocycles. The van der Waals surface area contributed by atoms with Crippen molar-refractivity contribution < 1.29 is 4.79 Å². The van der Waals surface area contributed by atoms with Crippen molar-refractivity contribution in [2.24, 2.45) is 16.1 Å². The number of nitrogens with two attached hydrogens (primary N) is 1. The van der Waals surface area contributed by atoms with E-state index in [2.05, 4.69) is 47.7 Å². The molecule has 24 heavy (non-hydrogen) atoms. The summed E-state index contributed by atoms with van der Waals surface area (Å²) in [6.45, 7) is 10.8. The van der Waals surface area contributed by atoms with Gasteiger partial charge in [-0.3, -0.25) is 9.79 Å². The molecular weight excluding hydrogens is 415 g/mol. The Labute approximate surface area is 162 Å². The molecule has 1 rings (SSSR count). The second kappa shape index (κ2) is 10.5. The summed E-state index contributed by atoms with van der Waals surface area (Å²) in [5.74, 6) is 0.398. The lowest BCUT2D eigenvalue weighted by Gasteiger charge is -2.17. The van der Waals surface area contributed by atoms with Crippen LogP contribution < -0.4 is 16.4 Å². The third-order valence-corrected chi connectivity index (χ3v) is 3.61. The summed E-state index contributed by atoms with van der Waals surface area (Å²) in [5, 5.41) is 6.07. The molecule has 0 saturated heterocycles. The number of anilines is 1. The summed E-state index contributed by atoms with van der Waals surface area (Å²) in [4.78, 5) is 16.1. The third-order valence-electron chi connectivity index (χ3n) is 3.61. The van der Waals surface area contributed by atoms with Gasteiger partial charge in [0.1, 0.15) is 0 Å². The average Bonchev–Trinajstić information content (AvgIpc) is 2.50. The predicted octanol–water partition coefficient (Wildman–Crippen LogP) is 3.32. The minimum absolute atomic E-state index is 0. The Morgan fingerprint density at radius 2 is 1.71 bits per heavy atom. The van der Waals surface area contributed by atoms with Gasteiger partial charge in [-0.05, 0) is 24.0 Å². The van der Waals surface area contributed by atoms with Crippen LogP contribution in [0.5, 0.6) is 0 Å². The quantitative estimate of drug-likeness (QED) is 0.272. The normalized spacial score (nSPS) is 11.6. The van der Waals surface area contributed by atoms with Gasteiger partial charge in [0, 0.05) is 17.6 Å². The van der Waals surface area contributed by atoms with Gasteiger partial charge in [-0.15, -0.1) is 24.0 Å². The van der Waals surface area contributed by atoms with E-state index < -0.39 is 0 Å². The van der Waals surface area contributed by atoms with Crippen LogP contribution in [0.1, 0.15) is 45.7 Å². The van der Waals surface area contributed by atoms with Crippen LogP contribution in [-0.2, 0) is 17.6 Å². The average molecular weight is 446 g/mol. The lowest BCUT2D eigenvalue weighted by molar-refractivity contribution is -0.128. The standard InChI is InChI=1S/C18H30N4O.HI/c1-6-13-9-8-10-14(7-2)15(13)22-17(19)21-12-11-20-16(23)18(3,4)5;/h8-10H,6-7,11-12H2,1-5H3,(H,20,23)(H3,19,21,22);1H. The number of amides is 1. The molecule has 0 saturated carbocycles. The topological polar surface area (TPSA) is 79.5 Å². The highest BCUT2D eigenvalue weighted by atomic mass is 127. The zero-order chi connectivity index (χ0) is 17.5. The lowest BCUT2D eigenvalue weighted by atomic mass is 9.96. The van der Waals surface area contributed by atoms with E-state index in [1.54, 1.807) is 0 Å². The van der Waals surface area contributed by atoms with Gasteiger partial charge in [0.2, 0.25) is 5.91 Å². The number of halogens is 1. The molecule has 0 aliphatic heterocycles. The molecule has 6 heteroatoms. The number of guanidine groups is 1. The third kappa shape index (κ3) is 7.07. The molecule has 4 N–H and O–H groups in total. The fourth-order valence-electron chi connectivity index (χ4n) is 2.18. The molecule has 0 aliphatic rings. The lowest BCUT2D eigenvalue weighted by Crippen LogP contribution is -2.36. The van der Waals surface area contributed by atoms with E-state index >= 15 is 0 Å². The smallest absolute Gasteiger partial charge is 0.225 e. The molecule has 0 aliphatic carbocycles. The van der Waals surface area contributed by atoms with Crippen LogP contribution in [-0.4, -0.2) is 25.0 Å². The van der Waals surface area contributed by atoms with Crippen LogP contribution in [0, 0.1) is 5.41 Å². The van der Waals surface area contributed by atoms with E-state index in [1.165, 1.54) is 11.1 Å². The second-order valence-electron chi connectivity index (χ2n) is 6.56. The molecule has 0 atom stereocenters. The number of hydrogen-bond donors (Lipinski definition) is 3. The molecule has 0 spiro atoms. The minimum atomic E-state index is -0.385. The number of carbonyl (C=O) groups is 1. The maximum atomic E-state index is 11.8. The maximum Gasteiger partial charge on any atom is 0.225 e. The Morgan fingerprint density at radius 1 is 1.17 bits per heavy atom. The largest absolute Gasteiger partial charge is 0.370 e. The molecule has 136 valence electrons. The molecule has 1 amide bonds. The minimum Gasteiger partial charge on any atom is -0.370 e. The number of carbonyl (C=O) groups excluding carboxylic acids is 1. The summed E-state index contributed by atoms with van der Waals surface area (Å²) >= 11 is 0. The van der Waals surface area contributed by atoms with Crippen molar-refractivity contribution in [2.45, 2.75) is 47.5 Å². The van der Waals surface area contributed by atoms with Crippen LogP contribution in [0.25, 0.3) is 0 Å². The van der Waals surface area contributed by atoms with Gasteiger partial charge in [-0.25, -0.2) is 0 Å². The molecule has 5 nitrogen and oxygen atoms in total. The van der Waals surface area contributed by atoms with Gasteiger partial charge in [0.05, 0.1) is 6.54 Å². The zero-order valence-electron chi connectivity index (χ0n) is 15.4. The first-order chi connectivity index (χ1) is 10.8. The molecule has 0 heterocycles. The Morgan fingerprint density at radius 3 is 2.17 bits per heavy atom. The van der Waals surface area contributed by atoms with E-state index in [4.69, 9.17) is 5.73 Å². The fourth-order valence-corrected chi connectivity index (χ4v) is 2.18. The molecule has 1 aromatic carbocycles. The van der Waals surface area contributed by atoms with E-state index in [1.807, 2.05) is 20.8 Å². The fraction of sp³-hybridized carbons (Fsp3) is 0.556. The molecule has 0 fully saturated rings. The van der Waals surface area contributed by atoms with Crippen LogP contribution in [0.4, 0.5) is 5.69 Å². The molecule has 0 bridgehead atoms. The first-order valence-electron chi connectivity index (χ1n) is 8.25. The molecule has 0 radical (unpaired) electrons. The Bertz CT molecular complexity index is 542. The molecule has 0 unspecified atom stereocenters. The van der Waals surface area contributed by atoms with Crippen LogP contribution in [0.2, 0.25) is 0 Å². The van der Waals surface area contributed by atoms with Gasteiger partial charge in [-0.1, -0.05) is 52.8 Å². The molecule has 1 aromatic rings. The zero-order valence-corrected chi connectivity index (χ0v) is 17.7. The number of rotatable bonds is 6. The van der Waals surface area contributed by atoms with Gasteiger partial charge >= 0.3 is 0 Å². The van der Waals surface area contributed by atoms with Gasteiger partial charge in [-0.2, -0.15) is 0 Å². The first-order valence-corrected chi connectivity index (χ1v) is 8.25. The second-order valence-corrected chi connectivity index (χ2v) is 6.56. The highest BCUT2D eigenvalue weighted by Gasteiger charge is 2.20. The first kappa shape index (κ1) is 22.7. The summed E-state index contributed by atoms with van der Waals surface area (Å²) in [6.07, 6.45) is 1.87. The van der Waals surface area contributed by atoms with Crippen molar-refractivity contribution in [1.29, 1.82) is 0 Å². The number of aryl methyl sites for hydroxylation is 2. The van der Waals surface area contributed by atoms with Crippen LogP contribution in [0.3, 0.4) is 0 Å². The summed E-state index contributed by atoms with van der Waals surface area (Å²) in [5.41, 5.74) is 9.10. The Kier molecular flexibility index (Phi) is 9.96. The van der Waals surface area contributed by atoms with E-state index in [0.717, 1.165) is 18.5 Å². The SMILES string of the molecule is CCc1cccc(CC)c1NC(N)=NCCNC(=O)C(C)(C)C.I. The Balaban J connectivity index is 0.00000529. The van der Waals surface area contributed by atoms with Crippen LogP contribution >= 0.6 is 24.0 Å². The summed E-state index contributed by atoms with van der Waals surface area (Å²) in [7, 11) is 0. The number of hydrogen-bond acceptors (Lipinski definition) is 2. The number of nitrogens with one attached hydrogen (secondary N) is 2. The van der Waals surface area contributed by atoms with Crippen molar-refractivity contribution in [1.82, 2.24) is 5.32 Å². The number of benzene rings is 1. The van der Waals surface area contributed by atoms with Crippen molar-refractivity contribution >= 4 is 41.5 Å². The number of nitrogens with zero attached hydrogens (tertiary/aromatic N) is 1. The van der Waals surface area contributed by atoms with Crippen molar-refractivity contribution in [3.05, 3.63) is 29.3 Å². The van der Waals surface area contributed by atoms with Gasteiger partial charge < -0.3 is 16.4 Å². The van der Waals surface area contributed by atoms with E-state index in [-0.39, 0.29) is 35.3 Å². The number of para-hydroxylation sites is 1. The highest BCUT2D eigenvalue weighted by molar-refractivity contribution is 14.0. The summed E-state index contributed by atoms with van der Waals surface area (Å²) < 4.78 is 0. The van der Waals surface area contributed by atoms with Crippen molar-refractivity contribution in [2.75, 3.05) is 18.4 Å². The van der Waals surface area contributed by atoms with Gasteiger partial charge in [0.25, 0.3) is 0 Å². The molecular formula is C18H31IN4O. The van der Waals surface area contributed by atoms with Gasteiger partial charge in [0.15, 0.2) is 5.96 Å². The highest BCUT2D eigenvalue weighted by Crippen LogP contribution is 2.22. The Hall–Kier alpha value is -1.31. The maximum absolute atomic E-state index is 11.8. The van der Waals surface area contributed by atoms with E-state index in [0.29, 0.717) is 19.0 Å². The van der Waals surface area contributed by atoms with Crippen molar-refractivity contribution in [3.63, 3.8) is 0 Å².